The van der Waals surface area contributed by atoms with E-state index in [2.05, 4.69) is 33.8 Å². The van der Waals surface area contributed by atoms with Gasteiger partial charge < -0.3 is 25.2 Å². The van der Waals surface area contributed by atoms with Gasteiger partial charge in [-0.25, -0.2) is 4.99 Å². The SMILES string of the molecule is CCNC(=NCc1cccc(COC(C)C)c1)NCC(O)c1cccc(OC(C)C)c1. The minimum absolute atomic E-state index is 0.0912. The lowest BCUT2D eigenvalue weighted by atomic mass is 10.1. The monoisotopic (exact) mass is 427 g/mol. The molecule has 0 fully saturated rings. The van der Waals surface area contributed by atoms with E-state index in [4.69, 9.17) is 9.47 Å². The normalized spacial score (nSPS) is 12.8. The number of guanidine groups is 1. The molecule has 1 atom stereocenters. The summed E-state index contributed by atoms with van der Waals surface area (Å²) in [5.41, 5.74) is 3.05. The third-order valence-electron chi connectivity index (χ3n) is 4.42. The minimum atomic E-state index is -0.670. The van der Waals surface area contributed by atoms with Crippen LogP contribution in [0.25, 0.3) is 0 Å². The largest absolute Gasteiger partial charge is 0.491 e. The first-order valence-corrected chi connectivity index (χ1v) is 11.0. The summed E-state index contributed by atoms with van der Waals surface area (Å²) in [6, 6.07) is 15.8. The Kier molecular flexibility index (Phi) is 10.3. The van der Waals surface area contributed by atoms with Crippen LogP contribution in [-0.2, 0) is 17.9 Å². The van der Waals surface area contributed by atoms with Crippen LogP contribution < -0.4 is 15.4 Å². The Morgan fingerprint density at radius 3 is 2.42 bits per heavy atom. The van der Waals surface area contributed by atoms with E-state index in [1.807, 2.05) is 65.0 Å². The number of nitrogens with one attached hydrogen (secondary N) is 2. The summed E-state index contributed by atoms with van der Waals surface area (Å²) in [6.45, 7) is 12.3. The molecule has 3 N–H and O–H groups in total. The van der Waals surface area contributed by atoms with E-state index in [0.717, 1.165) is 29.0 Å². The number of hydrogen-bond donors (Lipinski definition) is 3. The summed E-state index contributed by atoms with van der Waals surface area (Å²) in [6.07, 6.45) is -0.375. The van der Waals surface area contributed by atoms with Crippen LogP contribution in [0.4, 0.5) is 0 Å². The Balaban J connectivity index is 1.96. The maximum atomic E-state index is 10.6. The number of hydrogen-bond acceptors (Lipinski definition) is 4. The fourth-order valence-corrected chi connectivity index (χ4v) is 2.97. The Labute approximate surface area is 186 Å². The average Bonchev–Trinajstić information content (AvgIpc) is 2.74. The number of aliphatic hydroxyl groups excluding tert-OH is 1. The van der Waals surface area contributed by atoms with Crippen molar-refractivity contribution >= 4 is 5.96 Å². The van der Waals surface area contributed by atoms with Gasteiger partial charge >= 0.3 is 0 Å². The quantitative estimate of drug-likeness (QED) is 0.370. The lowest BCUT2D eigenvalue weighted by molar-refractivity contribution is 0.0657. The van der Waals surface area contributed by atoms with Gasteiger partial charge in [0.2, 0.25) is 0 Å². The molecule has 2 rings (SSSR count). The molecule has 6 nitrogen and oxygen atoms in total. The second-order valence-corrected chi connectivity index (χ2v) is 8.01. The molecule has 0 saturated carbocycles. The van der Waals surface area contributed by atoms with Crippen molar-refractivity contribution in [2.45, 2.75) is 66.1 Å². The van der Waals surface area contributed by atoms with Crippen molar-refractivity contribution in [3.63, 3.8) is 0 Å². The van der Waals surface area contributed by atoms with Crippen LogP contribution in [0.3, 0.4) is 0 Å². The summed E-state index contributed by atoms with van der Waals surface area (Å²) < 4.78 is 11.4. The average molecular weight is 428 g/mol. The van der Waals surface area contributed by atoms with Gasteiger partial charge in [0.05, 0.1) is 31.5 Å². The highest BCUT2D eigenvalue weighted by Gasteiger charge is 2.10. The van der Waals surface area contributed by atoms with Gasteiger partial charge in [0.15, 0.2) is 5.96 Å². The highest BCUT2D eigenvalue weighted by atomic mass is 16.5. The highest BCUT2D eigenvalue weighted by molar-refractivity contribution is 5.79. The van der Waals surface area contributed by atoms with E-state index in [1.165, 1.54) is 0 Å². The van der Waals surface area contributed by atoms with Gasteiger partial charge in [0.25, 0.3) is 0 Å². The maximum Gasteiger partial charge on any atom is 0.191 e. The molecule has 0 aromatic heterocycles. The predicted octanol–water partition coefficient (Wildman–Crippen LogP) is 4.19. The molecule has 0 aliphatic rings. The van der Waals surface area contributed by atoms with Crippen LogP contribution in [-0.4, -0.2) is 36.4 Å². The number of benzene rings is 2. The molecule has 2 aromatic carbocycles. The lowest BCUT2D eigenvalue weighted by Crippen LogP contribution is -2.39. The van der Waals surface area contributed by atoms with E-state index in [-0.39, 0.29) is 12.2 Å². The summed E-state index contributed by atoms with van der Waals surface area (Å²) in [5, 5.41) is 17.1. The molecule has 0 heterocycles. The van der Waals surface area contributed by atoms with Gasteiger partial charge in [-0.2, -0.15) is 0 Å². The second-order valence-electron chi connectivity index (χ2n) is 8.01. The zero-order valence-electron chi connectivity index (χ0n) is 19.4. The summed E-state index contributed by atoms with van der Waals surface area (Å²) in [5.74, 6) is 1.42. The Bertz CT molecular complexity index is 821. The molecule has 31 heavy (non-hydrogen) atoms. The molecule has 170 valence electrons. The molecule has 0 radical (unpaired) electrons. The number of ether oxygens (including phenoxy) is 2. The standard InChI is InChI=1S/C25H37N3O3/c1-6-26-25(27-15-20-9-7-10-21(13-20)17-30-18(2)3)28-16-24(29)22-11-8-12-23(14-22)31-19(4)5/h7-14,18-19,24,29H,6,15-17H2,1-5H3,(H2,26,27,28). The van der Waals surface area contributed by atoms with Crippen molar-refractivity contribution in [2.24, 2.45) is 4.99 Å². The first-order chi connectivity index (χ1) is 14.9. The molecule has 0 spiro atoms. The third kappa shape index (κ3) is 9.40. The first-order valence-electron chi connectivity index (χ1n) is 11.0. The van der Waals surface area contributed by atoms with Gasteiger partial charge in [0.1, 0.15) is 5.75 Å². The van der Waals surface area contributed by atoms with Gasteiger partial charge in [-0.1, -0.05) is 36.4 Å². The smallest absolute Gasteiger partial charge is 0.191 e. The Morgan fingerprint density at radius 1 is 0.968 bits per heavy atom. The first kappa shape index (κ1) is 24.7. The molecule has 0 aliphatic carbocycles. The fraction of sp³-hybridized carbons (Fsp3) is 0.480. The molecule has 0 aliphatic heterocycles. The van der Waals surface area contributed by atoms with Crippen molar-refractivity contribution in [1.82, 2.24) is 10.6 Å². The molecular weight excluding hydrogens is 390 g/mol. The van der Waals surface area contributed by atoms with E-state index < -0.39 is 6.10 Å². The summed E-state index contributed by atoms with van der Waals surface area (Å²) in [7, 11) is 0. The van der Waals surface area contributed by atoms with Crippen molar-refractivity contribution in [3.8, 4) is 5.75 Å². The van der Waals surface area contributed by atoms with Crippen molar-refractivity contribution < 1.29 is 14.6 Å². The molecule has 1 unspecified atom stereocenters. The number of rotatable bonds is 11. The molecule has 6 heteroatoms. The van der Waals surface area contributed by atoms with Gasteiger partial charge in [-0.05, 0) is 63.4 Å². The molecule has 0 saturated heterocycles. The van der Waals surface area contributed by atoms with E-state index in [1.54, 1.807) is 0 Å². The zero-order chi connectivity index (χ0) is 22.6. The van der Waals surface area contributed by atoms with Crippen LogP contribution in [0.15, 0.2) is 53.5 Å². The molecule has 2 aromatic rings. The minimum Gasteiger partial charge on any atom is -0.491 e. The summed E-state index contributed by atoms with van der Waals surface area (Å²) >= 11 is 0. The highest BCUT2D eigenvalue weighted by Crippen LogP contribution is 2.20. The lowest BCUT2D eigenvalue weighted by Gasteiger charge is -2.17. The molecule has 0 bridgehead atoms. The molecule has 0 amide bonds. The van der Waals surface area contributed by atoms with E-state index >= 15 is 0 Å². The van der Waals surface area contributed by atoms with E-state index in [9.17, 15) is 5.11 Å². The van der Waals surface area contributed by atoms with Gasteiger partial charge in [-0.15, -0.1) is 0 Å². The van der Waals surface area contributed by atoms with Crippen LogP contribution in [0.5, 0.6) is 5.75 Å². The maximum absolute atomic E-state index is 10.6. The van der Waals surface area contributed by atoms with Crippen LogP contribution in [0.2, 0.25) is 0 Å². The van der Waals surface area contributed by atoms with Crippen LogP contribution in [0.1, 0.15) is 57.4 Å². The molecular formula is C25H37N3O3. The number of nitrogens with zero attached hydrogens (tertiary/aromatic N) is 1. The predicted molar refractivity (Wildman–Crippen MR) is 126 cm³/mol. The van der Waals surface area contributed by atoms with E-state index in [0.29, 0.717) is 25.7 Å². The summed E-state index contributed by atoms with van der Waals surface area (Å²) in [4.78, 5) is 4.66. The number of aliphatic imine (C=N–C) groups is 1. The van der Waals surface area contributed by atoms with Crippen molar-refractivity contribution in [1.29, 1.82) is 0 Å². The van der Waals surface area contributed by atoms with Crippen molar-refractivity contribution in [2.75, 3.05) is 13.1 Å². The van der Waals surface area contributed by atoms with Crippen LogP contribution in [0, 0.1) is 0 Å². The third-order valence-corrected chi connectivity index (χ3v) is 4.42. The fourth-order valence-electron chi connectivity index (χ4n) is 2.97. The second kappa shape index (κ2) is 13.0. The zero-order valence-corrected chi connectivity index (χ0v) is 19.4. The van der Waals surface area contributed by atoms with Crippen molar-refractivity contribution in [3.05, 3.63) is 65.2 Å². The van der Waals surface area contributed by atoms with Crippen LogP contribution >= 0.6 is 0 Å². The number of aliphatic hydroxyl groups is 1. The Hall–Kier alpha value is -2.57. The Morgan fingerprint density at radius 2 is 1.71 bits per heavy atom. The van der Waals surface area contributed by atoms with Gasteiger partial charge in [0, 0.05) is 13.1 Å². The van der Waals surface area contributed by atoms with Gasteiger partial charge in [-0.3, -0.25) is 0 Å². The topological polar surface area (TPSA) is 75.1 Å².